The Bertz CT molecular complexity index is 667. The lowest BCUT2D eigenvalue weighted by molar-refractivity contribution is 0.0698. The van der Waals surface area contributed by atoms with Gasteiger partial charge in [-0.05, 0) is 42.2 Å². The zero-order valence-electron chi connectivity index (χ0n) is 10.6. The van der Waals surface area contributed by atoms with E-state index in [-0.39, 0.29) is 11.3 Å². The van der Waals surface area contributed by atoms with Crippen LogP contribution in [0.25, 0.3) is 0 Å². The molecule has 0 radical (unpaired) electrons. The molecule has 0 aliphatic heterocycles. The van der Waals surface area contributed by atoms with Gasteiger partial charge in [0.05, 0.1) is 22.6 Å². The number of rotatable bonds is 3. The molecule has 5 nitrogen and oxygen atoms in total. The molecule has 0 aliphatic rings. The monoisotopic (exact) mass is 307 g/mol. The van der Waals surface area contributed by atoms with Gasteiger partial charge >= 0.3 is 5.97 Å². The third-order valence-corrected chi connectivity index (χ3v) is 3.75. The molecule has 0 spiro atoms. The number of nitrogens with one attached hydrogen (secondary N) is 2. The van der Waals surface area contributed by atoms with Gasteiger partial charge in [0.1, 0.15) is 0 Å². The molecular weight excluding hydrogens is 294 g/mol. The molecule has 0 amide bonds. The second-order valence-corrected chi connectivity index (χ2v) is 5.27. The fourth-order valence-electron chi connectivity index (χ4n) is 1.63. The van der Waals surface area contributed by atoms with Crippen LogP contribution >= 0.6 is 23.6 Å². The van der Waals surface area contributed by atoms with E-state index in [2.05, 4.69) is 10.6 Å². The number of thiocarbonyl (C=S) groups is 1. The standard InChI is InChI=1S/C13H13N3O2S2/c1-7-5-20-6-10(7)16-13(19)15-9-4-2-3-8(11(9)14)12(17)18/h2-6H,14H2,1H3,(H,17,18)(H2,15,16,19). The fraction of sp³-hybridized carbons (Fsp3) is 0.0769. The third-order valence-electron chi connectivity index (χ3n) is 2.69. The highest BCUT2D eigenvalue weighted by Crippen LogP contribution is 2.24. The van der Waals surface area contributed by atoms with E-state index in [1.54, 1.807) is 23.5 Å². The predicted molar refractivity (Wildman–Crippen MR) is 86.7 cm³/mol. The van der Waals surface area contributed by atoms with Gasteiger partial charge in [-0.25, -0.2) is 4.79 Å². The minimum absolute atomic E-state index is 0.0458. The van der Waals surface area contributed by atoms with Gasteiger partial charge in [0, 0.05) is 5.38 Å². The predicted octanol–water partition coefficient (Wildman–Crippen LogP) is 3.15. The van der Waals surface area contributed by atoms with Crippen LogP contribution in [0.1, 0.15) is 15.9 Å². The summed E-state index contributed by atoms with van der Waals surface area (Å²) in [6, 6.07) is 4.74. The van der Waals surface area contributed by atoms with Crippen molar-refractivity contribution >= 4 is 51.7 Å². The first-order valence-electron chi connectivity index (χ1n) is 5.71. The average molecular weight is 307 g/mol. The van der Waals surface area contributed by atoms with E-state index in [4.69, 9.17) is 23.1 Å². The van der Waals surface area contributed by atoms with Crippen molar-refractivity contribution in [3.8, 4) is 0 Å². The number of carboxylic acids is 1. The lowest BCUT2D eigenvalue weighted by atomic mass is 10.1. The van der Waals surface area contributed by atoms with Gasteiger partial charge in [-0.2, -0.15) is 0 Å². The Morgan fingerprint density at radius 3 is 2.60 bits per heavy atom. The number of carbonyl (C=O) groups is 1. The van der Waals surface area contributed by atoms with Crippen molar-refractivity contribution in [2.24, 2.45) is 0 Å². The van der Waals surface area contributed by atoms with E-state index >= 15 is 0 Å². The Kier molecular flexibility index (Phi) is 4.21. The van der Waals surface area contributed by atoms with E-state index in [0.29, 0.717) is 10.8 Å². The van der Waals surface area contributed by atoms with Crippen molar-refractivity contribution in [3.05, 3.63) is 40.1 Å². The number of thiophene rings is 1. The largest absolute Gasteiger partial charge is 0.478 e. The Morgan fingerprint density at radius 1 is 1.30 bits per heavy atom. The molecule has 104 valence electrons. The van der Waals surface area contributed by atoms with Gasteiger partial charge in [-0.1, -0.05) is 6.07 Å². The summed E-state index contributed by atoms with van der Waals surface area (Å²) in [6.07, 6.45) is 0. The van der Waals surface area contributed by atoms with Gasteiger partial charge < -0.3 is 21.5 Å². The molecule has 0 unspecified atom stereocenters. The number of para-hydroxylation sites is 1. The van der Waals surface area contributed by atoms with Gasteiger partial charge in [0.15, 0.2) is 5.11 Å². The second-order valence-electron chi connectivity index (χ2n) is 4.12. The number of hydrogen-bond acceptors (Lipinski definition) is 4. The molecule has 0 bridgehead atoms. The Labute approximate surface area is 125 Å². The lowest BCUT2D eigenvalue weighted by Gasteiger charge is -2.13. The molecule has 0 fully saturated rings. The highest BCUT2D eigenvalue weighted by molar-refractivity contribution is 7.80. The first-order chi connectivity index (χ1) is 9.49. The van der Waals surface area contributed by atoms with Gasteiger partial charge in [0.25, 0.3) is 0 Å². The highest BCUT2D eigenvalue weighted by Gasteiger charge is 2.12. The van der Waals surface area contributed by atoms with Crippen molar-refractivity contribution in [1.82, 2.24) is 0 Å². The molecule has 5 N–H and O–H groups in total. The van der Waals surface area contributed by atoms with Crippen LogP contribution in [0.5, 0.6) is 0 Å². The first-order valence-corrected chi connectivity index (χ1v) is 7.06. The minimum atomic E-state index is -1.07. The van der Waals surface area contributed by atoms with Crippen molar-refractivity contribution in [2.75, 3.05) is 16.4 Å². The summed E-state index contributed by atoms with van der Waals surface area (Å²) in [6.45, 7) is 1.97. The van der Waals surface area contributed by atoms with E-state index in [1.165, 1.54) is 6.07 Å². The van der Waals surface area contributed by atoms with Crippen molar-refractivity contribution in [2.45, 2.75) is 6.92 Å². The number of benzene rings is 1. The fourth-order valence-corrected chi connectivity index (χ4v) is 2.63. The van der Waals surface area contributed by atoms with Crippen LogP contribution in [0, 0.1) is 6.92 Å². The van der Waals surface area contributed by atoms with Crippen molar-refractivity contribution in [1.29, 1.82) is 0 Å². The number of nitrogens with two attached hydrogens (primary N) is 1. The number of hydrogen-bond donors (Lipinski definition) is 4. The summed E-state index contributed by atoms with van der Waals surface area (Å²) in [4.78, 5) is 11.0. The molecule has 1 aromatic carbocycles. The molecule has 1 aromatic heterocycles. The Balaban J connectivity index is 2.14. The molecule has 0 atom stereocenters. The van der Waals surface area contributed by atoms with Crippen LogP contribution in [-0.2, 0) is 0 Å². The molecule has 2 aromatic rings. The van der Waals surface area contributed by atoms with E-state index in [9.17, 15) is 4.79 Å². The maximum absolute atomic E-state index is 11.0. The summed E-state index contributed by atoms with van der Waals surface area (Å²) in [5, 5.41) is 19.3. The lowest BCUT2D eigenvalue weighted by Crippen LogP contribution is -2.20. The smallest absolute Gasteiger partial charge is 0.337 e. The number of carboxylic acid groups (broad SMARTS) is 1. The maximum atomic E-state index is 11.0. The highest BCUT2D eigenvalue weighted by atomic mass is 32.1. The topological polar surface area (TPSA) is 87.4 Å². The van der Waals surface area contributed by atoms with Crippen molar-refractivity contribution in [3.63, 3.8) is 0 Å². The summed E-state index contributed by atoms with van der Waals surface area (Å²) in [7, 11) is 0. The molecule has 20 heavy (non-hydrogen) atoms. The SMILES string of the molecule is Cc1cscc1NC(=S)Nc1cccc(C(=O)O)c1N. The molecule has 0 aliphatic carbocycles. The Morgan fingerprint density at radius 2 is 2.00 bits per heavy atom. The Hall–Kier alpha value is -2.12. The average Bonchev–Trinajstić information content (AvgIpc) is 2.77. The molecular formula is C13H13N3O2S2. The van der Waals surface area contributed by atoms with Crippen LogP contribution in [0.4, 0.5) is 17.1 Å². The van der Waals surface area contributed by atoms with Crippen LogP contribution in [-0.4, -0.2) is 16.2 Å². The minimum Gasteiger partial charge on any atom is -0.478 e. The number of aryl methyl sites for hydroxylation is 1. The number of aromatic carboxylic acids is 1. The van der Waals surface area contributed by atoms with Gasteiger partial charge in [-0.15, -0.1) is 11.3 Å². The van der Waals surface area contributed by atoms with E-state index < -0.39 is 5.97 Å². The van der Waals surface area contributed by atoms with Crippen LogP contribution in [0.3, 0.4) is 0 Å². The number of nitrogen functional groups attached to an aromatic ring is 1. The van der Waals surface area contributed by atoms with Gasteiger partial charge in [-0.3, -0.25) is 0 Å². The first kappa shape index (κ1) is 14.3. The summed E-state index contributed by atoms with van der Waals surface area (Å²) in [5.41, 5.74) is 8.49. The summed E-state index contributed by atoms with van der Waals surface area (Å²) >= 11 is 6.76. The van der Waals surface area contributed by atoms with Crippen LogP contribution in [0.15, 0.2) is 29.0 Å². The number of anilines is 3. The van der Waals surface area contributed by atoms with Crippen LogP contribution in [0.2, 0.25) is 0 Å². The van der Waals surface area contributed by atoms with Crippen molar-refractivity contribution < 1.29 is 9.90 Å². The summed E-state index contributed by atoms with van der Waals surface area (Å²) in [5.74, 6) is -1.07. The molecule has 0 saturated carbocycles. The molecule has 1 heterocycles. The zero-order valence-corrected chi connectivity index (χ0v) is 12.3. The van der Waals surface area contributed by atoms with E-state index in [1.807, 2.05) is 17.7 Å². The van der Waals surface area contributed by atoms with E-state index in [0.717, 1.165) is 11.3 Å². The summed E-state index contributed by atoms with van der Waals surface area (Å²) < 4.78 is 0. The molecule has 0 saturated heterocycles. The molecule has 7 heteroatoms. The normalized spacial score (nSPS) is 10.1. The zero-order chi connectivity index (χ0) is 14.7. The quantitative estimate of drug-likeness (QED) is 0.515. The third kappa shape index (κ3) is 3.06. The maximum Gasteiger partial charge on any atom is 0.337 e. The second kappa shape index (κ2) is 5.89. The van der Waals surface area contributed by atoms with Gasteiger partial charge in [0.2, 0.25) is 0 Å². The molecule has 2 rings (SSSR count). The van der Waals surface area contributed by atoms with Crippen LogP contribution < -0.4 is 16.4 Å².